The van der Waals surface area contributed by atoms with E-state index in [0.29, 0.717) is 12.6 Å². The van der Waals surface area contributed by atoms with Crippen LogP contribution >= 0.6 is 0 Å². The standard InChI is InChI=1S/C10H17NO3/c1-9(2)5-14-6-10(9,8(12)13)11-7-3-4-7/h7,11H,3-6H2,1-2H3,(H,12,13). The number of hydrogen-bond donors (Lipinski definition) is 2. The molecule has 0 amide bonds. The van der Waals surface area contributed by atoms with E-state index in [9.17, 15) is 9.90 Å². The van der Waals surface area contributed by atoms with Crippen molar-refractivity contribution in [1.29, 1.82) is 0 Å². The van der Waals surface area contributed by atoms with Gasteiger partial charge >= 0.3 is 5.97 Å². The van der Waals surface area contributed by atoms with E-state index < -0.39 is 11.5 Å². The summed E-state index contributed by atoms with van der Waals surface area (Å²) < 4.78 is 5.32. The maximum absolute atomic E-state index is 11.4. The van der Waals surface area contributed by atoms with Crippen LogP contribution in [0.1, 0.15) is 26.7 Å². The molecule has 4 heteroatoms. The molecule has 1 aliphatic carbocycles. The molecule has 0 radical (unpaired) electrons. The highest BCUT2D eigenvalue weighted by Gasteiger charge is 2.57. The van der Waals surface area contributed by atoms with Crippen LogP contribution in [0.15, 0.2) is 0 Å². The molecule has 0 spiro atoms. The average Bonchev–Trinajstić information content (AvgIpc) is 2.79. The molecule has 1 saturated carbocycles. The van der Waals surface area contributed by atoms with E-state index in [1.165, 1.54) is 0 Å². The van der Waals surface area contributed by atoms with Crippen LogP contribution in [0.2, 0.25) is 0 Å². The fourth-order valence-corrected chi connectivity index (χ4v) is 2.00. The maximum Gasteiger partial charge on any atom is 0.326 e. The molecule has 2 fully saturated rings. The zero-order valence-electron chi connectivity index (χ0n) is 8.67. The molecule has 0 aromatic rings. The number of nitrogens with one attached hydrogen (secondary N) is 1. The highest BCUT2D eigenvalue weighted by atomic mass is 16.5. The van der Waals surface area contributed by atoms with E-state index in [0.717, 1.165) is 12.8 Å². The van der Waals surface area contributed by atoms with E-state index >= 15 is 0 Å². The second-order valence-electron chi connectivity index (χ2n) is 5.01. The lowest BCUT2D eigenvalue weighted by Crippen LogP contribution is -2.62. The molecule has 1 aliphatic heterocycles. The topological polar surface area (TPSA) is 58.6 Å². The Morgan fingerprint density at radius 3 is 2.43 bits per heavy atom. The summed E-state index contributed by atoms with van der Waals surface area (Å²) in [6.07, 6.45) is 2.18. The van der Waals surface area contributed by atoms with Crippen molar-refractivity contribution >= 4 is 5.97 Å². The van der Waals surface area contributed by atoms with Gasteiger partial charge in [-0.2, -0.15) is 0 Å². The van der Waals surface area contributed by atoms with Gasteiger partial charge in [-0.25, -0.2) is 0 Å². The Bertz CT molecular complexity index is 260. The van der Waals surface area contributed by atoms with Crippen LogP contribution in [-0.4, -0.2) is 35.9 Å². The summed E-state index contributed by atoms with van der Waals surface area (Å²) >= 11 is 0. The molecule has 4 nitrogen and oxygen atoms in total. The van der Waals surface area contributed by atoms with Gasteiger partial charge in [0.2, 0.25) is 0 Å². The molecule has 80 valence electrons. The predicted molar refractivity (Wildman–Crippen MR) is 51.1 cm³/mol. The lowest BCUT2D eigenvalue weighted by atomic mass is 9.75. The molecule has 2 rings (SSSR count). The van der Waals surface area contributed by atoms with Gasteiger partial charge in [0.1, 0.15) is 5.54 Å². The minimum atomic E-state index is -0.881. The Hall–Kier alpha value is -0.610. The van der Waals surface area contributed by atoms with Gasteiger partial charge in [-0.05, 0) is 12.8 Å². The normalized spacial score (nSPS) is 35.9. The summed E-state index contributed by atoms with van der Waals surface area (Å²) in [5.41, 5.74) is -1.21. The second kappa shape index (κ2) is 2.94. The Morgan fingerprint density at radius 1 is 1.43 bits per heavy atom. The van der Waals surface area contributed by atoms with Gasteiger partial charge in [-0.3, -0.25) is 10.1 Å². The lowest BCUT2D eigenvalue weighted by Gasteiger charge is -2.36. The Morgan fingerprint density at radius 2 is 2.07 bits per heavy atom. The molecule has 1 heterocycles. The lowest BCUT2D eigenvalue weighted by molar-refractivity contribution is -0.148. The van der Waals surface area contributed by atoms with Crippen molar-refractivity contribution in [2.75, 3.05) is 13.2 Å². The van der Waals surface area contributed by atoms with Crippen molar-refractivity contribution in [2.45, 2.75) is 38.3 Å². The zero-order valence-corrected chi connectivity index (χ0v) is 8.67. The van der Waals surface area contributed by atoms with E-state index in [1.807, 2.05) is 13.8 Å². The summed E-state index contributed by atoms with van der Waals surface area (Å²) in [5, 5.41) is 12.6. The van der Waals surface area contributed by atoms with E-state index in [2.05, 4.69) is 5.32 Å². The molecule has 14 heavy (non-hydrogen) atoms. The fraction of sp³-hybridized carbons (Fsp3) is 0.900. The molecular weight excluding hydrogens is 182 g/mol. The van der Waals surface area contributed by atoms with Crippen molar-refractivity contribution < 1.29 is 14.6 Å². The van der Waals surface area contributed by atoms with E-state index in [-0.39, 0.29) is 12.0 Å². The Kier molecular flexibility index (Phi) is 2.08. The van der Waals surface area contributed by atoms with Gasteiger partial charge in [-0.15, -0.1) is 0 Å². The summed E-state index contributed by atoms with van der Waals surface area (Å²) in [4.78, 5) is 11.4. The molecule has 0 bridgehead atoms. The molecule has 0 aromatic heterocycles. The van der Waals surface area contributed by atoms with Gasteiger partial charge in [0.15, 0.2) is 0 Å². The third-order valence-electron chi connectivity index (χ3n) is 3.33. The molecule has 1 saturated heterocycles. The third kappa shape index (κ3) is 1.33. The molecular formula is C10H17NO3. The number of rotatable bonds is 3. The van der Waals surface area contributed by atoms with Gasteiger partial charge < -0.3 is 9.84 Å². The number of carboxylic acids is 1. The Balaban J connectivity index is 2.23. The molecule has 0 aromatic carbocycles. The molecule has 2 aliphatic rings. The van der Waals surface area contributed by atoms with Crippen LogP contribution in [0.3, 0.4) is 0 Å². The first-order valence-corrected chi connectivity index (χ1v) is 5.07. The number of carboxylic acid groups (broad SMARTS) is 1. The van der Waals surface area contributed by atoms with Crippen LogP contribution in [0.5, 0.6) is 0 Å². The van der Waals surface area contributed by atoms with E-state index in [4.69, 9.17) is 4.74 Å². The van der Waals surface area contributed by atoms with E-state index in [1.54, 1.807) is 0 Å². The Labute approximate surface area is 83.6 Å². The van der Waals surface area contributed by atoms with Crippen molar-refractivity contribution in [3.05, 3.63) is 0 Å². The number of aliphatic carboxylic acids is 1. The van der Waals surface area contributed by atoms with Crippen molar-refractivity contribution in [3.8, 4) is 0 Å². The molecule has 1 unspecified atom stereocenters. The quantitative estimate of drug-likeness (QED) is 0.699. The second-order valence-corrected chi connectivity index (χ2v) is 5.01. The third-order valence-corrected chi connectivity index (χ3v) is 3.33. The van der Waals surface area contributed by atoms with Crippen LogP contribution in [0, 0.1) is 5.41 Å². The minimum Gasteiger partial charge on any atom is -0.480 e. The number of hydrogen-bond acceptors (Lipinski definition) is 3. The van der Waals surface area contributed by atoms with Crippen molar-refractivity contribution in [3.63, 3.8) is 0 Å². The van der Waals surface area contributed by atoms with Gasteiger partial charge in [-0.1, -0.05) is 13.8 Å². The fourth-order valence-electron chi connectivity index (χ4n) is 2.00. The summed E-state index contributed by atoms with van der Waals surface area (Å²) in [5.74, 6) is -0.785. The van der Waals surface area contributed by atoms with Crippen LogP contribution in [0.4, 0.5) is 0 Å². The first kappa shape index (κ1) is 9.93. The van der Waals surface area contributed by atoms with Gasteiger partial charge in [0.25, 0.3) is 0 Å². The number of ether oxygens (including phenoxy) is 1. The van der Waals surface area contributed by atoms with Crippen LogP contribution < -0.4 is 5.32 Å². The van der Waals surface area contributed by atoms with Crippen molar-refractivity contribution in [2.24, 2.45) is 5.41 Å². The first-order chi connectivity index (χ1) is 6.48. The van der Waals surface area contributed by atoms with Crippen LogP contribution in [-0.2, 0) is 9.53 Å². The smallest absolute Gasteiger partial charge is 0.326 e. The maximum atomic E-state index is 11.4. The molecule has 2 N–H and O–H groups in total. The van der Waals surface area contributed by atoms with Crippen molar-refractivity contribution in [1.82, 2.24) is 5.32 Å². The summed E-state index contributed by atoms with van der Waals surface area (Å²) in [6, 6.07) is 0.382. The highest BCUT2D eigenvalue weighted by Crippen LogP contribution is 2.40. The highest BCUT2D eigenvalue weighted by molar-refractivity contribution is 5.81. The largest absolute Gasteiger partial charge is 0.480 e. The first-order valence-electron chi connectivity index (χ1n) is 5.07. The minimum absolute atomic E-state index is 0.284. The number of carbonyl (C=O) groups is 1. The molecule has 1 atom stereocenters. The van der Waals surface area contributed by atoms with Gasteiger partial charge in [0, 0.05) is 11.5 Å². The monoisotopic (exact) mass is 199 g/mol. The predicted octanol–water partition coefficient (Wildman–Crippen LogP) is 0.618. The summed E-state index contributed by atoms with van der Waals surface area (Å²) in [6.45, 7) is 4.69. The summed E-state index contributed by atoms with van der Waals surface area (Å²) in [7, 11) is 0. The van der Waals surface area contributed by atoms with Gasteiger partial charge in [0.05, 0.1) is 13.2 Å². The SMILES string of the molecule is CC1(C)COCC1(NC1CC1)C(=O)O. The zero-order chi connectivity index (χ0) is 10.4. The van der Waals surface area contributed by atoms with Crippen LogP contribution in [0.25, 0.3) is 0 Å². The average molecular weight is 199 g/mol.